The fourth-order valence-corrected chi connectivity index (χ4v) is 1.63. The van der Waals surface area contributed by atoms with Gasteiger partial charge in [-0.25, -0.2) is 0 Å². The Morgan fingerprint density at radius 3 is 2.89 bits per heavy atom. The van der Waals surface area contributed by atoms with Crippen LogP contribution >= 0.6 is 0 Å². The number of rotatable bonds is 7. The van der Waals surface area contributed by atoms with Crippen LogP contribution in [0.25, 0.3) is 0 Å². The van der Waals surface area contributed by atoms with E-state index < -0.39 is 0 Å². The molecule has 4 heteroatoms. The van der Waals surface area contributed by atoms with E-state index in [9.17, 15) is 9.90 Å². The first kappa shape index (κ1) is 14.4. The number of nitrogens with one attached hydrogen (secondary N) is 1. The number of phenolic OH excluding ortho intramolecular Hbond substituents is 1. The van der Waals surface area contributed by atoms with Crippen molar-refractivity contribution in [1.29, 1.82) is 0 Å². The number of methoxy groups -OCH3 is 1. The molecule has 0 bridgehead atoms. The van der Waals surface area contributed by atoms with Crippen LogP contribution in [0.3, 0.4) is 0 Å². The second-order valence-corrected chi connectivity index (χ2v) is 4.21. The first-order valence-corrected chi connectivity index (χ1v) is 6.30. The lowest BCUT2D eigenvalue weighted by Gasteiger charge is -2.07. The number of phenols is 1. The molecule has 0 unspecified atom stereocenters. The Hall–Kier alpha value is -1.71. The average molecular weight is 251 g/mol. The van der Waals surface area contributed by atoms with Gasteiger partial charge in [0.2, 0.25) is 5.91 Å². The van der Waals surface area contributed by atoms with Crippen molar-refractivity contribution in [3.05, 3.63) is 23.8 Å². The third kappa shape index (κ3) is 4.65. The molecule has 0 heterocycles. The van der Waals surface area contributed by atoms with E-state index in [0.717, 1.165) is 24.9 Å². The Morgan fingerprint density at radius 1 is 1.44 bits per heavy atom. The second-order valence-electron chi connectivity index (χ2n) is 4.21. The number of aromatic hydroxyl groups is 1. The van der Waals surface area contributed by atoms with Gasteiger partial charge in [-0.15, -0.1) is 0 Å². The highest BCUT2D eigenvalue weighted by atomic mass is 16.5. The summed E-state index contributed by atoms with van der Waals surface area (Å²) < 4.78 is 5.02. The summed E-state index contributed by atoms with van der Waals surface area (Å²) in [6.07, 6.45) is 3.19. The van der Waals surface area contributed by atoms with Gasteiger partial charge in [-0.2, -0.15) is 0 Å². The van der Waals surface area contributed by atoms with Crippen molar-refractivity contribution >= 4 is 5.91 Å². The summed E-state index contributed by atoms with van der Waals surface area (Å²) in [5, 5.41) is 12.3. The van der Waals surface area contributed by atoms with Crippen LogP contribution in [0.5, 0.6) is 11.5 Å². The zero-order valence-electron chi connectivity index (χ0n) is 11.0. The zero-order chi connectivity index (χ0) is 13.4. The molecular weight excluding hydrogens is 230 g/mol. The van der Waals surface area contributed by atoms with E-state index in [2.05, 4.69) is 12.2 Å². The Kier molecular flexibility index (Phi) is 6.05. The van der Waals surface area contributed by atoms with E-state index in [1.165, 1.54) is 7.11 Å². The van der Waals surface area contributed by atoms with Gasteiger partial charge >= 0.3 is 0 Å². The Morgan fingerprint density at radius 2 is 2.22 bits per heavy atom. The fraction of sp³-hybridized carbons (Fsp3) is 0.500. The fourth-order valence-electron chi connectivity index (χ4n) is 1.63. The highest BCUT2D eigenvalue weighted by molar-refractivity contribution is 5.76. The first-order valence-electron chi connectivity index (χ1n) is 6.30. The highest BCUT2D eigenvalue weighted by Gasteiger charge is 2.05. The normalized spacial score (nSPS) is 10.1. The van der Waals surface area contributed by atoms with Crippen LogP contribution < -0.4 is 10.1 Å². The SMILES string of the molecule is CCCCNC(=O)CCc1ccc(O)c(OC)c1. The van der Waals surface area contributed by atoms with Crippen molar-refractivity contribution < 1.29 is 14.6 Å². The van der Waals surface area contributed by atoms with Gasteiger partial charge in [0.15, 0.2) is 11.5 Å². The molecule has 18 heavy (non-hydrogen) atoms. The first-order chi connectivity index (χ1) is 8.67. The van der Waals surface area contributed by atoms with Crippen molar-refractivity contribution in [3.63, 3.8) is 0 Å². The summed E-state index contributed by atoms with van der Waals surface area (Å²) >= 11 is 0. The highest BCUT2D eigenvalue weighted by Crippen LogP contribution is 2.26. The number of hydrogen-bond donors (Lipinski definition) is 2. The maximum Gasteiger partial charge on any atom is 0.220 e. The minimum absolute atomic E-state index is 0.0653. The molecule has 0 radical (unpaired) electrons. The standard InChI is InChI=1S/C14H21NO3/c1-3-4-9-15-14(17)8-6-11-5-7-12(16)13(10-11)18-2/h5,7,10,16H,3-4,6,8-9H2,1-2H3,(H,15,17). The lowest BCUT2D eigenvalue weighted by molar-refractivity contribution is -0.121. The van der Waals surface area contributed by atoms with Crippen molar-refractivity contribution in [2.45, 2.75) is 32.6 Å². The van der Waals surface area contributed by atoms with E-state index in [4.69, 9.17) is 4.74 Å². The predicted octanol–water partition coefficient (Wildman–Crippen LogP) is 2.25. The summed E-state index contributed by atoms with van der Waals surface area (Å²) in [6.45, 7) is 2.84. The van der Waals surface area contributed by atoms with E-state index in [0.29, 0.717) is 18.6 Å². The summed E-state index contributed by atoms with van der Waals surface area (Å²) in [5.74, 6) is 0.628. The number of aryl methyl sites for hydroxylation is 1. The molecule has 0 saturated carbocycles. The number of amides is 1. The number of benzene rings is 1. The van der Waals surface area contributed by atoms with Gasteiger partial charge in [-0.3, -0.25) is 4.79 Å². The van der Waals surface area contributed by atoms with E-state index in [1.807, 2.05) is 0 Å². The molecule has 0 spiro atoms. The third-order valence-electron chi connectivity index (χ3n) is 2.74. The molecular formula is C14H21NO3. The summed E-state index contributed by atoms with van der Waals surface area (Å²) in [6, 6.07) is 5.15. The maximum absolute atomic E-state index is 11.5. The zero-order valence-corrected chi connectivity index (χ0v) is 11.0. The minimum Gasteiger partial charge on any atom is -0.504 e. The number of carbonyl (C=O) groups excluding carboxylic acids is 1. The van der Waals surface area contributed by atoms with E-state index >= 15 is 0 Å². The third-order valence-corrected chi connectivity index (χ3v) is 2.74. The van der Waals surface area contributed by atoms with Gasteiger partial charge < -0.3 is 15.2 Å². The van der Waals surface area contributed by atoms with Crippen LogP contribution in [-0.4, -0.2) is 24.7 Å². The van der Waals surface area contributed by atoms with Crippen LogP contribution in [0, 0.1) is 0 Å². The second kappa shape index (κ2) is 7.58. The van der Waals surface area contributed by atoms with Crippen molar-refractivity contribution in [3.8, 4) is 11.5 Å². The molecule has 0 fully saturated rings. The van der Waals surface area contributed by atoms with Crippen LogP contribution in [0.4, 0.5) is 0 Å². The van der Waals surface area contributed by atoms with Crippen LogP contribution in [0.2, 0.25) is 0 Å². The minimum atomic E-state index is 0.0653. The van der Waals surface area contributed by atoms with Gasteiger partial charge in [0, 0.05) is 13.0 Å². The summed E-state index contributed by atoms with van der Waals surface area (Å²) in [7, 11) is 1.51. The molecule has 4 nitrogen and oxygen atoms in total. The number of carbonyl (C=O) groups is 1. The Bertz CT molecular complexity index is 391. The van der Waals surface area contributed by atoms with E-state index in [-0.39, 0.29) is 11.7 Å². The molecule has 1 aromatic rings. The molecule has 1 aromatic carbocycles. The van der Waals surface area contributed by atoms with Crippen molar-refractivity contribution in [2.75, 3.05) is 13.7 Å². The smallest absolute Gasteiger partial charge is 0.220 e. The molecule has 100 valence electrons. The van der Waals surface area contributed by atoms with Crippen LogP contribution in [-0.2, 0) is 11.2 Å². The molecule has 0 saturated heterocycles. The molecule has 1 amide bonds. The number of unbranched alkanes of at least 4 members (excludes halogenated alkanes) is 1. The van der Waals surface area contributed by atoms with Crippen molar-refractivity contribution in [1.82, 2.24) is 5.32 Å². The topological polar surface area (TPSA) is 58.6 Å². The summed E-state index contributed by atoms with van der Waals surface area (Å²) in [5.41, 5.74) is 0.982. The molecule has 0 atom stereocenters. The van der Waals surface area contributed by atoms with Crippen LogP contribution in [0.1, 0.15) is 31.7 Å². The lowest BCUT2D eigenvalue weighted by Crippen LogP contribution is -2.24. The van der Waals surface area contributed by atoms with Gasteiger partial charge in [-0.1, -0.05) is 19.4 Å². The maximum atomic E-state index is 11.5. The van der Waals surface area contributed by atoms with Gasteiger partial charge in [0.1, 0.15) is 0 Å². The quantitative estimate of drug-likeness (QED) is 0.731. The largest absolute Gasteiger partial charge is 0.504 e. The summed E-state index contributed by atoms with van der Waals surface area (Å²) in [4.78, 5) is 11.5. The van der Waals surface area contributed by atoms with Gasteiger partial charge in [-0.05, 0) is 30.5 Å². The van der Waals surface area contributed by atoms with Crippen LogP contribution in [0.15, 0.2) is 18.2 Å². The molecule has 0 aliphatic carbocycles. The Balaban J connectivity index is 2.41. The Labute approximate surface area is 108 Å². The van der Waals surface area contributed by atoms with Crippen molar-refractivity contribution in [2.24, 2.45) is 0 Å². The monoisotopic (exact) mass is 251 g/mol. The number of hydrogen-bond acceptors (Lipinski definition) is 3. The molecule has 1 rings (SSSR count). The van der Waals surface area contributed by atoms with Gasteiger partial charge in [0.25, 0.3) is 0 Å². The predicted molar refractivity (Wildman–Crippen MR) is 70.9 cm³/mol. The number of ether oxygens (including phenoxy) is 1. The van der Waals surface area contributed by atoms with Gasteiger partial charge in [0.05, 0.1) is 7.11 Å². The average Bonchev–Trinajstić information content (AvgIpc) is 2.38. The molecule has 0 aromatic heterocycles. The molecule has 2 N–H and O–H groups in total. The molecule has 0 aliphatic rings. The van der Waals surface area contributed by atoms with E-state index in [1.54, 1.807) is 18.2 Å². The molecule has 0 aliphatic heterocycles. The lowest BCUT2D eigenvalue weighted by atomic mass is 10.1.